The summed E-state index contributed by atoms with van der Waals surface area (Å²) in [6.07, 6.45) is 5.65. The summed E-state index contributed by atoms with van der Waals surface area (Å²) in [5.41, 5.74) is 3.52. The van der Waals surface area contributed by atoms with Crippen LogP contribution in [0.25, 0.3) is 16.1 Å². The molecule has 3 aromatic rings. The number of ether oxygens (including phenoxy) is 2. The van der Waals surface area contributed by atoms with Gasteiger partial charge in [0, 0.05) is 44.1 Å². The molecule has 1 aliphatic heterocycles. The Morgan fingerprint density at radius 3 is 2.79 bits per heavy atom. The maximum atomic E-state index is 14.8. The molecule has 0 spiro atoms. The molecule has 11 heteroatoms. The van der Waals surface area contributed by atoms with Crippen molar-refractivity contribution in [3.63, 3.8) is 0 Å². The number of aromatic nitrogens is 1. The van der Waals surface area contributed by atoms with Gasteiger partial charge in [-0.05, 0) is 49.6 Å². The highest BCUT2D eigenvalue weighted by atomic mass is 32.1. The van der Waals surface area contributed by atoms with Crippen LogP contribution >= 0.6 is 11.3 Å². The number of rotatable bonds is 11. The molecule has 1 saturated carbocycles. The van der Waals surface area contributed by atoms with E-state index in [9.17, 15) is 13.6 Å². The topological polar surface area (TPSA) is 96.5 Å². The number of hydrogen-bond acceptors (Lipinski definition) is 7. The van der Waals surface area contributed by atoms with E-state index in [4.69, 9.17) is 9.47 Å². The van der Waals surface area contributed by atoms with Crippen LogP contribution in [0.3, 0.4) is 0 Å². The molecule has 0 saturated heterocycles. The third-order valence-electron chi connectivity index (χ3n) is 6.34. The highest BCUT2D eigenvalue weighted by molar-refractivity contribution is 7.17. The Labute approximate surface area is 229 Å². The van der Waals surface area contributed by atoms with E-state index in [1.54, 1.807) is 18.4 Å². The van der Waals surface area contributed by atoms with E-state index in [2.05, 4.69) is 32.3 Å². The summed E-state index contributed by atoms with van der Waals surface area (Å²) in [5.74, 6) is -2.52. The largest absolute Gasteiger partial charge is 0.486 e. The number of thiophene rings is 1. The van der Waals surface area contributed by atoms with Crippen molar-refractivity contribution in [1.29, 1.82) is 0 Å². The molecule has 8 nitrogen and oxygen atoms in total. The van der Waals surface area contributed by atoms with Gasteiger partial charge in [-0.3, -0.25) is 4.98 Å². The lowest BCUT2D eigenvalue weighted by molar-refractivity contribution is 0.199. The lowest BCUT2D eigenvalue weighted by atomic mass is 10.1. The second-order valence-electron chi connectivity index (χ2n) is 9.60. The molecule has 1 unspecified atom stereocenters. The first-order chi connectivity index (χ1) is 18.9. The second kappa shape index (κ2) is 12.1. The number of halogens is 2. The molecule has 1 aliphatic carbocycles. The van der Waals surface area contributed by atoms with Gasteiger partial charge in [-0.15, -0.1) is 11.3 Å². The van der Waals surface area contributed by atoms with E-state index in [0.29, 0.717) is 13.2 Å². The first-order valence-corrected chi connectivity index (χ1v) is 13.7. The van der Waals surface area contributed by atoms with Crippen LogP contribution in [0, 0.1) is 11.6 Å². The molecule has 5 rings (SSSR count). The van der Waals surface area contributed by atoms with E-state index >= 15 is 0 Å². The van der Waals surface area contributed by atoms with E-state index in [-0.39, 0.29) is 30.1 Å². The van der Waals surface area contributed by atoms with Crippen molar-refractivity contribution in [3.8, 4) is 16.3 Å². The molecule has 39 heavy (non-hydrogen) atoms. The van der Waals surface area contributed by atoms with Crippen molar-refractivity contribution in [2.45, 2.75) is 38.4 Å². The van der Waals surface area contributed by atoms with Gasteiger partial charge in [0.2, 0.25) is 5.82 Å². The van der Waals surface area contributed by atoms with Crippen LogP contribution in [0.5, 0.6) is 5.75 Å². The molecule has 1 aromatic carbocycles. The van der Waals surface area contributed by atoms with Crippen molar-refractivity contribution < 1.29 is 23.0 Å². The highest BCUT2D eigenvalue weighted by Crippen LogP contribution is 2.41. The Hall–Kier alpha value is -3.54. The van der Waals surface area contributed by atoms with Gasteiger partial charge in [-0.25, -0.2) is 9.18 Å². The summed E-state index contributed by atoms with van der Waals surface area (Å²) in [7, 11) is 1.67. The lowest BCUT2D eigenvalue weighted by Gasteiger charge is -2.21. The molecule has 0 bridgehead atoms. The third-order valence-corrected chi connectivity index (χ3v) is 7.57. The normalized spacial score (nSPS) is 16.2. The zero-order valence-corrected chi connectivity index (χ0v) is 22.6. The molecule has 1 atom stereocenters. The van der Waals surface area contributed by atoms with Crippen molar-refractivity contribution in [1.82, 2.24) is 15.6 Å². The maximum absolute atomic E-state index is 14.8. The number of nitrogens with one attached hydrogen (secondary N) is 4. The predicted molar refractivity (Wildman–Crippen MR) is 149 cm³/mol. The average Bonchev–Trinajstić information content (AvgIpc) is 3.63. The Morgan fingerprint density at radius 1 is 1.21 bits per heavy atom. The monoisotopic (exact) mass is 555 g/mol. The standard InChI is InChI=1S/C28H31F2N5O3S/c1-16-11-18(15-38-23-8-7-21(25(29)26(23)30)35-28(36)34-19-4-5-19)27-22(33-16)12-24(39-27)20-6-3-17(14-32-20)13-31-9-10-37-2/h3,6-8,11-12,14,16,19,31,33H,4-5,9-10,13,15H2,1-2H3,(H2,34,35,36). The Bertz CT molecular complexity index is 1360. The number of nitrogens with zero attached hydrogens (tertiary/aromatic N) is 1. The number of fused-ring (bicyclic) bond motifs is 1. The van der Waals surface area contributed by atoms with Gasteiger partial charge < -0.3 is 30.7 Å². The maximum Gasteiger partial charge on any atom is 0.319 e. The number of urea groups is 1. The number of amides is 2. The van der Waals surface area contributed by atoms with Crippen LogP contribution in [-0.2, 0) is 11.3 Å². The Morgan fingerprint density at radius 2 is 2.05 bits per heavy atom. The fourth-order valence-corrected chi connectivity index (χ4v) is 5.30. The molecule has 2 amide bonds. The molecule has 1 fully saturated rings. The second-order valence-corrected chi connectivity index (χ2v) is 10.7. The number of benzene rings is 1. The van der Waals surface area contributed by atoms with Crippen molar-refractivity contribution in [2.75, 3.05) is 37.5 Å². The summed E-state index contributed by atoms with van der Waals surface area (Å²) < 4.78 is 40.2. The quantitative estimate of drug-likeness (QED) is 0.237. The summed E-state index contributed by atoms with van der Waals surface area (Å²) >= 11 is 1.56. The van der Waals surface area contributed by atoms with Crippen molar-refractivity contribution in [2.24, 2.45) is 0 Å². The van der Waals surface area contributed by atoms with Gasteiger partial charge in [0.25, 0.3) is 0 Å². The van der Waals surface area contributed by atoms with E-state index in [1.807, 2.05) is 31.3 Å². The Kier molecular flexibility index (Phi) is 8.39. The smallest absolute Gasteiger partial charge is 0.319 e. The van der Waals surface area contributed by atoms with Gasteiger partial charge in [0.05, 0.1) is 33.4 Å². The van der Waals surface area contributed by atoms with Gasteiger partial charge in [-0.2, -0.15) is 4.39 Å². The number of hydrogen-bond donors (Lipinski definition) is 4. The average molecular weight is 556 g/mol. The van der Waals surface area contributed by atoms with Crippen LogP contribution in [0.2, 0.25) is 0 Å². The predicted octanol–water partition coefficient (Wildman–Crippen LogP) is 5.38. The minimum atomic E-state index is -1.16. The van der Waals surface area contributed by atoms with Crippen LogP contribution < -0.4 is 26.0 Å². The summed E-state index contributed by atoms with van der Waals surface area (Å²) in [6, 6.07) is 8.30. The van der Waals surface area contributed by atoms with E-state index in [0.717, 1.165) is 51.7 Å². The van der Waals surface area contributed by atoms with Crippen molar-refractivity contribution >= 4 is 34.3 Å². The minimum absolute atomic E-state index is 0.0326. The number of anilines is 2. The zero-order chi connectivity index (χ0) is 27.4. The number of carbonyl (C=O) groups excluding carboxylic acids is 1. The summed E-state index contributed by atoms with van der Waals surface area (Å²) in [4.78, 5) is 18.5. The number of methoxy groups -OCH3 is 1. The molecule has 0 radical (unpaired) electrons. The summed E-state index contributed by atoms with van der Waals surface area (Å²) in [6.45, 7) is 4.20. The van der Waals surface area contributed by atoms with Gasteiger partial charge >= 0.3 is 6.03 Å². The van der Waals surface area contributed by atoms with Crippen molar-refractivity contribution in [3.05, 3.63) is 64.7 Å². The SMILES string of the molecule is COCCNCc1ccc(-c2cc3c(s2)C(COc2ccc(NC(=O)NC4CC4)c(F)c2F)=CC(C)N3)nc1. The molecular formula is C28H31F2N5O3S. The lowest BCUT2D eigenvalue weighted by Crippen LogP contribution is -2.30. The van der Waals surface area contributed by atoms with Gasteiger partial charge in [0.1, 0.15) is 6.61 Å². The van der Waals surface area contributed by atoms with Crippen LogP contribution in [0.1, 0.15) is 30.2 Å². The third kappa shape index (κ3) is 6.73. The Balaban J connectivity index is 1.25. The highest BCUT2D eigenvalue weighted by Gasteiger charge is 2.25. The number of pyridine rings is 1. The first-order valence-electron chi connectivity index (χ1n) is 12.9. The summed E-state index contributed by atoms with van der Waals surface area (Å²) in [5, 5.41) is 11.8. The minimum Gasteiger partial charge on any atom is -0.486 e. The molecule has 2 aromatic heterocycles. The van der Waals surface area contributed by atoms with Gasteiger partial charge in [-0.1, -0.05) is 12.1 Å². The fourth-order valence-electron chi connectivity index (χ4n) is 4.19. The molecular weight excluding hydrogens is 524 g/mol. The van der Waals surface area contributed by atoms with Crippen LogP contribution in [-0.4, -0.2) is 50.0 Å². The van der Waals surface area contributed by atoms with Crippen LogP contribution in [0.4, 0.5) is 25.0 Å². The molecule has 4 N–H and O–H groups in total. The van der Waals surface area contributed by atoms with Crippen LogP contribution in [0.15, 0.2) is 42.6 Å². The van der Waals surface area contributed by atoms with E-state index in [1.165, 1.54) is 12.1 Å². The first kappa shape index (κ1) is 27.0. The number of carbonyl (C=O) groups is 1. The molecule has 3 heterocycles. The molecule has 2 aliphatic rings. The zero-order valence-electron chi connectivity index (χ0n) is 21.8. The van der Waals surface area contributed by atoms with E-state index < -0.39 is 17.7 Å². The van der Waals surface area contributed by atoms with Gasteiger partial charge in [0.15, 0.2) is 11.6 Å². The molecule has 206 valence electrons. The fraction of sp³-hybridized carbons (Fsp3) is 0.357.